The molecule has 2 heteroatoms. The molecule has 0 aliphatic carbocycles. The van der Waals surface area contributed by atoms with Crippen molar-refractivity contribution in [3.63, 3.8) is 0 Å². The van der Waals surface area contributed by atoms with Gasteiger partial charge in [0.2, 0.25) is 0 Å². The van der Waals surface area contributed by atoms with Crippen molar-refractivity contribution in [3.8, 4) is 0 Å². The molecule has 0 fully saturated rings. The second kappa shape index (κ2) is 6.08. The summed E-state index contributed by atoms with van der Waals surface area (Å²) < 4.78 is 5.36. The van der Waals surface area contributed by atoms with Crippen LogP contribution in [0, 0.1) is 0 Å². The molecule has 84 valence electrons. The molecule has 1 rings (SSSR count). The average molecular weight is 222 g/mol. The number of benzene rings is 1. The van der Waals surface area contributed by atoms with Gasteiger partial charge in [-0.2, -0.15) is 0 Å². The topological polar surface area (TPSA) is 9.23 Å². The Morgan fingerprint density at radius 1 is 1.13 bits per heavy atom. The summed E-state index contributed by atoms with van der Waals surface area (Å²) >= 11 is 0. The van der Waals surface area contributed by atoms with Crippen molar-refractivity contribution in [1.29, 1.82) is 0 Å². The maximum atomic E-state index is 5.36. The molecule has 0 aliphatic heterocycles. The van der Waals surface area contributed by atoms with Gasteiger partial charge in [-0.3, -0.25) is 0 Å². The fourth-order valence-electron chi connectivity index (χ4n) is 2.25. The van der Waals surface area contributed by atoms with Gasteiger partial charge in [-0.25, -0.2) is 0 Å². The standard InChI is InChI=1S/C13H22OSi/c1-3-13(4-2,10-11-14-15)12-8-6-5-7-9-12/h5-9H,3-4,10-11H2,1-2,15H3. The van der Waals surface area contributed by atoms with Crippen LogP contribution in [0.5, 0.6) is 0 Å². The van der Waals surface area contributed by atoms with Crippen LogP contribution in [0.2, 0.25) is 0 Å². The smallest absolute Gasteiger partial charge is 0.145 e. The Hall–Kier alpha value is -0.603. The first-order valence-electron chi connectivity index (χ1n) is 5.83. The molecule has 0 N–H and O–H groups in total. The fraction of sp³-hybridized carbons (Fsp3) is 0.538. The van der Waals surface area contributed by atoms with Gasteiger partial charge < -0.3 is 4.43 Å². The van der Waals surface area contributed by atoms with Crippen LogP contribution in [0.25, 0.3) is 0 Å². The summed E-state index contributed by atoms with van der Waals surface area (Å²) in [6.45, 7) is 5.47. The summed E-state index contributed by atoms with van der Waals surface area (Å²) in [5, 5.41) is 0. The minimum atomic E-state index is 0.325. The molecule has 0 radical (unpaired) electrons. The maximum absolute atomic E-state index is 5.36. The highest BCUT2D eigenvalue weighted by molar-refractivity contribution is 5.97. The fourth-order valence-corrected chi connectivity index (χ4v) is 2.45. The number of hydrogen-bond donors (Lipinski definition) is 0. The van der Waals surface area contributed by atoms with E-state index in [-0.39, 0.29) is 0 Å². The molecule has 1 aromatic rings. The lowest BCUT2D eigenvalue weighted by molar-refractivity contribution is 0.260. The molecule has 0 heterocycles. The summed E-state index contributed by atoms with van der Waals surface area (Å²) in [7, 11) is 0.850. The quantitative estimate of drug-likeness (QED) is 0.672. The number of rotatable bonds is 6. The van der Waals surface area contributed by atoms with E-state index in [2.05, 4.69) is 44.2 Å². The predicted molar refractivity (Wildman–Crippen MR) is 69.2 cm³/mol. The molecule has 0 aromatic heterocycles. The summed E-state index contributed by atoms with van der Waals surface area (Å²) in [6.07, 6.45) is 3.53. The lowest BCUT2D eigenvalue weighted by Crippen LogP contribution is -2.26. The molecule has 0 bridgehead atoms. The van der Waals surface area contributed by atoms with Crippen molar-refractivity contribution < 1.29 is 4.43 Å². The highest BCUT2D eigenvalue weighted by Crippen LogP contribution is 2.34. The zero-order valence-electron chi connectivity index (χ0n) is 10.1. The van der Waals surface area contributed by atoms with Crippen LogP contribution < -0.4 is 0 Å². The van der Waals surface area contributed by atoms with Gasteiger partial charge in [0.1, 0.15) is 10.5 Å². The highest BCUT2D eigenvalue weighted by atomic mass is 28.2. The van der Waals surface area contributed by atoms with E-state index >= 15 is 0 Å². The van der Waals surface area contributed by atoms with Gasteiger partial charge in [0, 0.05) is 6.61 Å². The Morgan fingerprint density at radius 3 is 2.20 bits per heavy atom. The Bertz CT molecular complexity index is 267. The van der Waals surface area contributed by atoms with Crippen molar-refractivity contribution in [3.05, 3.63) is 35.9 Å². The molecule has 1 aromatic carbocycles. The third-order valence-corrected chi connectivity index (χ3v) is 3.93. The predicted octanol–water partition coefficient (Wildman–Crippen LogP) is 2.43. The van der Waals surface area contributed by atoms with Crippen LogP contribution in [0.4, 0.5) is 0 Å². The molecule has 0 saturated carbocycles. The molecule has 0 spiro atoms. The second-order valence-corrected chi connectivity index (χ2v) is 4.67. The zero-order chi connectivity index (χ0) is 11.1. The Morgan fingerprint density at radius 2 is 1.73 bits per heavy atom. The molecular weight excluding hydrogens is 200 g/mol. The van der Waals surface area contributed by atoms with Gasteiger partial charge in [-0.15, -0.1) is 0 Å². The highest BCUT2D eigenvalue weighted by Gasteiger charge is 2.27. The third kappa shape index (κ3) is 2.92. The van der Waals surface area contributed by atoms with E-state index in [0.29, 0.717) is 5.41 Å². The molecule has 0 aliphatic rings. The normalized spacial score (nSPS) is 11.9. The van der Waals surface area contributed by atoms with E-state index in [1.165, 1.54) is 18.4 Å². The molecule has 0 saturated heterocycles. The molecule has 1 nitrogen and oxygen atoms in total. The first-order valence-corrected chi connectivity index (χ1v) is 6.65. The molecule has 0 atom stereocenters. The van der Waals surface area contributed by atoms with Crippen molar-refractivity contribution in [2.75, 3.05) is 6.61 Å². The van der Waals surface area contributed by atoms with Crippen LogP contribution >= 0.6 is 0 Å². The average Bonchev–Trinajstić information content (AvgIpc) is 2.33. The van der Waals surface area contributed by atoms with E-state index in [9.17, 15) is 0 Å². The molecule has 0 unspecified atom stereocenters. The first-order chi connectivity index (χ1) is 7.29. The lowest BCUT2D eigenvalue weighted by atomic mass is 9.73. The lowest BCUT2D eigenvalue weighted by Gasteiger charge is -2.32. The Kier molecular flexibility index (Phi) is 5.06. The van der Waals surface area contributed by atoms with E-state index in [4.69, 9.17) is 4.43 Å². The van der Waals surface area contributed by atoms with Gasteiger partial charge in [0.15, 0.2) is 0 Å². The Balaban J connectivity index is 2.89. The van der Waals surface area contributed by atoms with Crippen LogP contribution in [0.15, 0.2) is 30.3 Å². The van der Waals surface area contributed by atoms with Crippen molar-refractivity contribution in [1.82, 2.24) is 0 Å². The largest absolute Gasteiger partial charge is 0.428 e. The van der Waals surface area contributed by atoms with E-state index in [1.54, 1.807) is 0 Å². The van der Waals surface area contributed by atoms with Crippen LogP contribution in [0.3, 0.4) is 0 Å². The SMILES string of the molecule is CCC(CC)(CCO[SiH3])c1ccccc1. The second-order valence-electron chi connectivity index (χ2n) is 4.10. The summed E-state index contributed by atoms with van der Waals surface area (Å²) in [4.78, 5) is 0. The van der Waals surface area contributed by atoms with Gasteiger partial charge in [-0.05, 0) is 30.2 Å². The van der Waals surface area contributed by atoms with Crippen LogP contribution in [-0.4, -0.2) is 17.1 Å². The van der Waals surface area contributed by atoms with E-state index in [0.717, 1.165) is 23.5 Å². The maximum Gasteiger partial charge on any atom is 0.145 e. The van der Waals surface area contributed by atoms with Crippen molar-refractivity contribution in [2.45, 2.75) is 38.5 Å². The van der Waals surface area contributed by atoms with E-state index in [1.807, 2.05) is 0 Å². The van der Waals surface area contributed by atoms with Gasteiger partial charge in [-0.1, -0.05) is 44.2 Å². The molecule has 0 amide bonds. The van der Waals surface area contributed by atoms with Gasteiger partial charge in [0.05, 0.1) is 0 Å². The number of hydrogen-bond acceptors (Lipinski definition) is 1. The zero-order valence-corrected chi connectivity index (χ0v) is 12.1. The van der Waals surface area contributed by atoms with E-state index < -0.39 is 0 Å². The van der Waals surface area contributed by atoms with Gasteiger partial charge in [0.25, 0.3) is 0 Å². The monoisotopic (exact) mass is 222 g/mol. The van der Waals surface area contributed by atoms with Gasteiger partial charge >= 0.3 is 0 Å². The summed E-state index contributed by atoms with van der Waals surface area (Å²) in [5.41, 5.74) is 1.79. The molecular formula is C13H22OSi. The summed E-state index contributed by atoms with van der Waals surface area (Å²) in [5.74, 6) is 0. The minimum absolute atomic E-state index is 0.325. The van der Waals surface area contributed by atoms with Crippen LogP contribution in [-0.2, 0) is 9.84 Å². The molecule has 15 heavy (non-hydrogen) atoms. The van der Waals surface area contributed by atoms with Crippen LogP contribution in [0.1, 0.15) is 38.7 Å². The minimum Gasteiger partial charge on any atom is -0.428 e. The van der Waals surface area contributed by atoms with Crippen molar-refractivity contribution in [2.24, 2.45) is 0 Å². The first kappa shape index (κ1) is 12.5. The van der Waals surface area contributed by atoms with Crippen molar-refractivity contribution >= 4 is 10.5 Å². The third-order valence-electron chi connectivity index (χ3n) is 3.52. The Labute approximate surface area is 96.4 Å². The summed E-state index contributed by atoms with van der Waals surface area (Å²) in [6, 6.07) is 10.9.